The molecule has 2 rings (SSSR count). The van der Waals surface area contributed by atoms with Gasteiger partial charge in [0.2, 0.25) is 0 Å². The molecule has 1 aliphatic heterocycles. The summed E-state index contributed by atoms with van der Waals surface area (Å²) < 4.78 is 0. The van der Waals surface area contributed by atoms with E-state index in [-0.39, 0.29) is 6.04 Å². The van der Waals surface area contributed by atoms with E-state index in [1.165, 1.54) is 10.5 Å². The number of hydrogen-bond donors (Lipinski definition) is 2. The summed E-state index contributed by atoms with van der Waals surface area (Å²) in [6.07, 6.45) is 3.20. The van der Waals surface area contributed by atoms with Crippen molar-refractivity contribution in [3.8, 4) is 0 Å². The Balaban J connectivity index is 2.18. The molecule has 0 aliphatic carbocycles. The van der Waals surface area contributed by atoms with Gasteiger partial charge in [-0.05, 0) is 43.6 Å². The zero-order valence-electron chi connectivity index (χ0n) is 13.0. The SMILES string of the molecule is CCC1CC(Cc2ccccc2)CC(N)(CC)N1C(=O)O. The Bertz CT molecular complexity index is 477. The number of rotatable bonds is 4. The largest absolute Gasteiger partial charge is 0.465 e. The quantitative estimate of drug-likeness (QED) is 0.892. The van der Waals surface area contributed by atoms with Gasteiger partial charge < -0.3 is 10.8 Å². The number of benzene rings is 1. The Hall–Kier alpha value is -1.55. The lowest BCUT2D eigenvalue weighted by molar-refractivity contribution is -0.0124. The van der Waals surface area contributed by atoms with Crippen molar-refractivity contribution in [2.75, 3.05) is 0 Å². The molecule has 1 amide bonds. The van der Waals surface area contributed by atoms with E-state index in [0.717, 1.165) is 25.7 Å². The van der Waals surface area contributed by atoms with Crippen LogP contribution in [0.25, 0.3) is 0 Å². The van der Waals surface area contributed by atoms with Crippen molar-refractivity contribution < 1.29 is 9.90 Å². The van der Waals surface area contributed by atoms with Crippen molar-refractivity contribution in [2.45, 2.75) is 57.7 Å². The molecular formula is C17H26N2O2. The number of carbonyl (C=O) groups is 1. The van der Waals surface area contributed by atoms with Crippen molar-refractivity contribution in [2.24, 2.45) is 11.7 Å². The fraction of sp³-hybridized carbons (Fsp3) is 0.588. The first-order valence-corrected chi connectivity index (χ1v) is 7.85. The summed E-state index contributed by atoms with van der Waals surface area (Å²) in [5, 5.41) is 9.53. The fourth-order valence-corrected chi connectivity index (χ4v) is 3.65. The number of likely N-dealkylation sites (tertiary alicyclic amines) is 1. The molecule has 1 fully saturated rings. The van der Waals surface area contributed by atoms with E-state index >= 15 is 0 Å². The first-order valence-electron chi connectivity index (χ1n) is 7.85. The Kier molecular flexibility index (Phi) is 4.88. The molecule has 1 aromatic carbocycles. The lowest BCUT2D eigenvalue weighted by Gasteiger charge is -2.50. The molecule has 1 heterocycles. The molecule has 21 heavy (non-hydrogen) atoms. The standard InChI is InChI=1S/C17H26N2O2/c1-3-15-11-14(10-13-8-6-5-7-9-13)12-17(18,4-2)19(15)16(20)21/h5-9,14-15H,3-4,10-12,18H2,1-2H3,(H,20,21). The molecule has 1 aliphatic rings. The van der Waals surface area contributed by atoms with Gasteiger partial charge in [0.15, 0.2) is 0 Å². The van der Waals surface area contributed by atoms with Crippen LogP contribution in [0.5, 0.6) is 0 Å². The second-order valence-electron chi connectivity index (χ2n) is 6.17. The minimum Gasteiger partial charge on any atom is -0.465 e. The van der Waals surface area contributed by atoms with Crippen LogP contribution in [0.2, 0.25) is 0 Å². The van der Waals surface area contributed by atoms with Crippen LogP contribution in [0, 0.1) is 5.92 Å². The summed E-state index contributed by atoms with van der Waals surface area (Å²) in [5.41, 5.74) is 7.03. The van der Waals surface area contributed by atoms with Crippen molar-refractivity contribution in [3.63, 3.8) is 0 Å². The molecule has 0 spiro atoms. The molecule has 0 saturated carbocycles. The maximum Gasteiger partial charge on any atom is 0.409 e. The van der Waals surface area contributed by atoms with Gasteiger partial charge in [-0.2, -0.15) is 0 Å². The Morgan fingerprint density at radius 3 is 2.57 bits per heavy atom. The summed E-state index contributed by atoms with van der Waals surface area (Å²) in [6, 6.07) is 10.4. The number of piperidine rings is 1. The Labute approximate surface area is 126 Å². The predicted molar refractivity (Wildman–Crippen MR) is 84.0 cm³/mol. The number of nitrogens with two attached hydrogens (primary N) is 1. The number of amides is 1. The maximum absolute atomic E-state index is 11.6. The molecule has 0 bridgehead atoms. The normalized spacial score (nSPS) is 29.4. The lowest BCUT2D eigenvalue weighted by atomic mass is 9.78. The Morgan fingerprint density at radius 1 is 1.38 bits per heavy atom. The van der Waals surface area contributed by atoms with E-state index in [0.29, 0.717) is 12.3 Å². The first kappa shape index (κ1) is 15.8. The van der Waals surface area contributed by atoms with Crippen molar-refractivity contribution in [1.29, 1.82) is 0 Å². The van der Waals surface area contributed by atoms with Crippen LogP contribution >= 0.6 is 0 Å². The van der Waals surface area contributed by atoms with Gasteiger partial charge in [0.25, 0.3) is 0 Å². The molecule has 3 atom stereocenters. The average molecular weight is 290 g/mol. The zero-order valence-corrected chi connectivity index (χ0v) is 13.0. The highest BCUT2D eigenvalue weighted by Gasteiger charge is 2.45. The topological polar surface area (TPSA) is 66.6 Å². The van der Waals surface area contributed by atoms with E-state index in [2.05, 4.69) is 24.3 Å². The third kappa shape index (κ3) is 3.38. The third-order valence-corrected chi connectivity index (χ3v) is 4.75. The van der Waals surface area contributed by atoms with E-state index in [1.54, 1.807) is 0 Å². The first-order chi connectivity index (χ1) is 10.00. The number of nitrogens with zero attached hydrogens (tertiary/aromatic N) is 1. The molecule has 4 heteroatoms. The van der Waals surface area contributed by atoms with Gasteiger partial charge in [-0.25, -0.2) is 4.79 Å². The Morgan fingerprint density at radius 2 is 2.05 bits per heavy atom. The van der Waals surface area contributed by atoms with Crippen LogP contribution in [-0.2, 0) is 6.42 Å². The average Bonchev–Trinajstić information content (AvgIpc) is 2.47. The van der Waals surface area contributed by atoms with E-state index in [4.69, 9.17) is 5.73 Å². The van der Waals surface area contributed by atoms with Gasteiger partial charge in [-0.15, -0.1) is 0 Å². The highest BCUT2D eigenvalue weighted by molar-refractivity contribution is 5.66. The molecule has 3 unspecified atom stereocenters. The van der Waals surface area contributed by atoms with Gasteiger partial charge in [-0.3, -0.25) is 4.90 Å². The summed E-state index contributed by atoms with van der Waals surface area (Å²) in [7, 11) is 0. The molecule has 0 aromatic heterocycles. The van der Waals surface area contributed by atoms with Crippen LogP contribution in [-0.4, -0.2) is 27.8 Å². The molecule has 1 saturated heterocycles. The monoisotopic (exact) mass is 290 g/mol. The van der Waals surface area contributed by atoms with Crippen LogP contribution in [0.3, 0.4) is 0 Å². The number of hydrogen-bond acceptors (Lipinski definition) is 2. The van der Waals surface area contributed by atoms with Gasteiger partial charge in [-0.1, -0.05) is 44.2 Å². The molecular weight excluding hydrogens is 264 g/mol. The van der Waals surface area contributed by atoms with Crippen LogP contribution in [0.15, 0.2) is 30.3 Å². The second kappa shape index (κ2) is 6.48. The van der Waals surface area contributed by atoms with Gasteiger partial charge in [0.05, 0.1) is 5.66 Å². The van der Waals surface area contributed by atoms with E-state index < -0.39 is 11.8 Å². The summed E-state index contributed by atoms with van der Waals surface area (Å²) in [5.74, 6) is 0.442. The fourth-order valence-electron chi connectivity index (χ4n) is 3.65. The summed E-state index contributed by atoms with van der Waals surface area (Å²) in [4.78, 5) is 13.1. The minimum atomic E-state index is -0.885. The van der Waals surface area contributed by atoms with Crippen LogP contribution in [0.4, 0.5) is 4.79 Å². The van der Waals surface area contributed by atoms with Gasteiger partial charge in [0.1, 0.15) is 0 Å². The van der Waals surface area contributed by atoms with Gasteiger partial charge >= 0.3 is 6.09 Å². The second-order valence-corrected chi connectivity index (χ2v) is 6.17. The van der Waals surface area contributed by atoms with Crippen molar-refractivity contribution in [3.05, 3.63) is 35.9 Å². The third-order valence-electron chi connectivity index (χ3n) is 4.75. The summed E-state index contributed by atoms with van der Waals surface area (Å²) in [6.45, 7) is 4.02. The molecule has 116 valence electrons. The van der Waals surface area contributed by atoms with Crippen LogP contribution in [0.1, 0.15) is 45.1 Å². The smallest absolute Gasteiger partial charge is 0.409 e. The van der Waals surface area contributed by atoms with E-state index in [9.17, 15) is 9.90 Å². The van der Waals surface area contributed by atoms with Crippen LogP contribution < -0.4 is 5.73 Å². The van der Waals surface area contributed by atoms with Crippen molar-refractivity contribution in [1.82, 2.24) is 4.90 Å². The molecule has 0 radical (unpaired) electrons. The number of carboxylic acid groups (broad SMARTS) is 1. The van der Waals surface area contributed by atoms with Gasteiger partial charge in [0, 0.05) is 6.04 Å². The predicted octanol–water partition coefficient (Wildman–Crippen LogP) is 3.46. The zero-order chi connectivity index (χ0) is 15.5. The van der Waals surface area contributed by atoms with E-state index in [1.807, 2.05) is 19.9 Å². The van der Waals surface area contributed by atoms with Crippen molar-refractivity contribution >= 4 is 6.09 Å². The highest BCUT2D eigenvalue weighted by atomic mass is 16.4. The lowest BCUT2D eigenvalue weighted by Crippen LogP contribution is -2.65. The highest BCUT2D eigenvalue weighted by Crippen LogP contribution is 2.37. The maximum atomic E-state index is 11.6. The molecule has 3 N–H and O–H groups in total. The molecule has 4 nitrogen and oxygen atoms in total. The molecule has 1 aromatic rings. The summed E-state index contributed by atoms with van der Waals surface area (Å²) >= 11 is 0. The minimum absolute atomic E-state index is 0.0231.